The van der Waals surface area contributed by atoms with Crippen LogP contribution in [0.5, 0.6) is 11.9 Å². The predicted molar refractivity (Wildman–Crippen MR) is 52.5 cm³/mol. The summed E-state index contributed by atoms with van der Waals surface area (Å²) in [4.78, 5) is 12.2. The van der Waals surface area contributed by atoms with Crippen LogP contribution in [0.3, 0.4) is 0 Å². The Balaban J connectivity index is 2.37. The first-order valence-corrected chi connectivity index (χ1v) is 4.48. The fourth-order valence-corrected chi connectivity index (χ4v) is 1.20. The van der Waals surface area contributed by atoms with Gasteiger partial charge in [-0.1, -0.05) is 0 Å². The van der Waals surface area contributed by atoms with Crippen LogP contribution in [0.1, 0.15) is 5.69 Å². The molecule has 0 radical (unpaired) electrons. The van der Waals surface area contributed by atoms with Crippen molar-refractivity contribution in [3.05, 3.63) is 11.8 Å². The van der Waals surface area contributed by atoms with Crippen LogP contribution in [-0.4, -0.2) is 43.2 Å². The Morgan fingerprint density at radius 1 is 1.27 bits per heavy atom. The largest absolute Gasteiger partial charge is 0.481 e. The fourth-order valence-electron chi connectivity index (χ4n) is 1.20. The molecule has 1 aliphatic rings. The molecule has 1 aromatic rings. The third-order valence-corrected chi connectivity index (χ3v) is 1.88. The van der Waals surface area contributed by atoms with E-state index in [2.05, 4.69) is 15.0 Å². The molecule has 0 spiro atoms. The van der Waals surface area contributed by atoms with Crippen LogP contribution in [0.4, 0.5) is 0 Å². The van der Waals surface area contributed by atoms with E-state index in [-0.39, 0.29) is 6.01 Å². The zero-order chi connectivity index (χ0) is 10.7. The topological polar surface area (TPSA) is 65.8 Å². The lowest BCUT2D eigenvalue weighted by molar-refractivity contribution is 0.338. The number of aliphatic imine (C=N–C) groups is 1. The van der Waals surface area contributed by atoms with E-state index in [1.54, 1.807) is 6.07 Å². The highest BCUT2D eigenvalue weighted by atomic mass is 16.5. The van der Waals surface area contributed by atoms with Gasteiger partial charge in [0.15, 0.2) is 0 Å². The lowest BCUT2D eigenvalue weighted by Gasteiger charge is -2.05. The van der Waals surface area contributed by atoms with Gasteiger partial charge in [0.25, 0.3) is 0 Å². The van der Waals surface area contributed by atoms with Crippen molar-refractivity contribution in [2.75, 3.05) is 27.4 Å². The van der Waals surface area contributed by atoms with Gasteiger partial charge >= 0.3 is 6.01 Å². The van der Waals surface area contributed by atoms with Crippen molar-refractivity contribution in [3.63, 3.8) is 0 Å². The number of ether oxygens (including phenoxy) is 3. The van der Waals surface area contributed by atoms with Crippen molar-refractivity contribution in [1.82, 2.24) is 9.97 Å². The van der Waals surface area contributed by atoms with Crippen molar-refractivity contribution >= 4 is 5.90 Å². The Hall–Kier alpha value is -1.85. The molecule has 1 aliphatic heterocycles. The molecule has 6 nitrogen and oxygen atoms in total. The summed E-state index contributed by atoms with van der Waals surface area (Å²) >= 11 is 0. The average Bonchev–Trinajstić information content (AvgIpc) is 2.81. The van der Waals surface area contributed by atoms with Crippen molar-refractivity contribution < 1.29 is 14.2 Å². The number of hydrogen-bond donors (Lipinski definition) is 0. The molecule has 0 aliphatic carbocycles. The second-order valence-corrected chi connectivity index (χ2v) is 2.82. The van der Waals surface area contributed by atoms with Gasteiger partial charge < -0.3 is 14.2 Å². The van der Waals surface area contributed by atoms with Crippen LogP contribution in [0, 0.1) is 0 Å². The van der Waals surface area contributed by atoms with E-state index in [1.165, 1.54) is 14.2 Å². The quantitative estimate of drug-likeness (QED) is 0.714. The minimum Gasteiger partial charge on any atom is -0.481 e. The molecule has 0 aromatic carbocycles. The zero-order valence-corrected chi connectivity index (χ0v) is 8.56. The number of nitrogens with zero attached hydrogens (tertiary/aromatic N) is 3. The smallest absolute Gasteiger partial charge is 0.320 e. The van der Waals surface area contributed by atoms with Crippen molar-refractivity contribution in [2.24, 2.45) is 4.99 Å². The third kappa shape index (κ3) is 1.98. The van der Waals surface area contributed by atoms with Gasteiger partial charge in [0.1, 0.15) is 12.3 Å². The van der Waals surface area contributed by atoms with Gasteiger partial charge in [0, 0.05) is 6.07 Å². The van der Waals surface area contributed by atoms with Gasteiger partial charge in [-0.05, 0) is 0 Å². The van der Waals surface area contributed by atoms with Gasteiger partial charge in [0.05, 0.1) is 20.8 Å². The first-order chi connectivity index (χ1) is 7.33. The molecule has 0 fully saturated rings. The minimum absolute atomic E-state index is 0.238. The summed E-state index contributed by atoms with van der Waals surface area (Å²) in [5.41, 5.74) is 0.580. The summed E-state index contributed by atoms with van der Waals surface area (Å²) in [5, 5.41) is 0. The van der Waals surface area contributed by atoms with Gasteiger partial charge in [0.2, 0.25) is 11.8 Å². The monoisotopic (exact) mass is 209 g/mol. The molecule has 0 N–H and O–H groups in total. The molecule has 6 heteroatoms. The molecule has 15 heavy (non-hydrogen) atoms. The summed E-state index contributed by atoms with van der Waals surface area (Å²) in [5.74, 6) is 0.934. The third-order valence-electron chi connectivity index (χ3n) is 1.88. The molecule has 0 amide bonds. The number of rotatable bonds is 3. The molecular formula is C9H11N3O3. The highest BCUT2D eigenvalue weighted by molar-refractivity contribution is 5.93. The fraction of sp³-hybridized carbons (Fsp3) is 0.444. The van der Waals surface area contributed by atoms with Crippen LogP contribution < -0.4 is 9.47 Å². The molecule has 0 atom stereocenters. The Bertz CT molecular complexity index is 370. The molecular weight excluding hydrogens is 198 g/mol. The maximum Gasteiger partial charge on any atom is 0.320 e. The first-order valence-electron chi connectivity index (χ1n) is 4.48. The van der Waals surface area contributed by atoms with Crippen LogP contribution in [0.25, 0.3) is 0 Å². The van der Waals surface area contributed by atoms with Crippen LogP contribution >= 0.6 is 0 Å². The van der Waals surface area contributed by atoms with Gasteiger partial charge in [-0.15, -0.1) is 0 Å². The van der Waals surface area contributed by atoms with Crippen molar-refractivity contribution in [2.45, 2.75) is 0 Å². The molecule has 0 saturated heterocycles. The van der Waals surface area contributed by atoms with E-state index in [9.17, 15) is 0 Å². The lowest BCUT2D eigenvalue weighted by Crippen LogP contribution is -2.07. The highest BCUT2D eigenvalue weighted by Gasteiger charge is 2.15. The van der Waals surface area contributed by atoms with Gasteiger partial charge in [-0.3, -0.25) is 0 Å². The molecule has 0 bridgehead atoms. The summed E-state index contributed by atoms with van der Waals surface area (Å²) < 4.78 is 15.2. The molecule has 1 aromatic heterocycles. The van der Waals surface area contributed by atoms with Crippen molar-refractivity contribution in [3.8, 4) is 11.9 Å². The molecule has 2 rings (SSSR count). The number of hydrogen-bond acceptors (Lipinski definition) is 6. The van der Waals surface area contributed by atoms with E-state index in [0.717, 1.165) is 0 Å². The van der Waals surface area contributed by atoms with Gasteiger partial charge in [-0.2, -0.15) is 9.97 Å². The standard InChI is InChI=1S/C9H11N3O3/c1-13-7-5-6(8-10-3-4-15-8)11-9(12-7)14-2/h5H,3-4H2,1-2H3. The van der Waals surface area contributed by atoms with Crippen molar-refractivity contribution in [1.29, 1.82) is 0 Å². The summed E-state index contributed by atoms with van der Waals surface area (Å²) in [7, 11) is 3.03. The normalized spacial score (nSPS) is 14.4. The molecule has 0 saturated carbocycles. The Kier molecular flexibility index (Phi) is 2.66. The SMILES string of the molecule is COc1cc(C2=NCCO2)nc(OC)n1. The summed E-state index contributed by atoms with van der Waals surface area (Å²) in [6.45, 7) is 1.24. The predicted octanol–water partition coefficient (Wildman–Crippen LogP) is 0.271. The van der Waals surface area contributed by atoms with Crippen LogP contribution in [0.2, 0.25) is 0 Å². The van der Waals surface area contributed by atoms with Gasteiger partial charge in [-0.25, -0.2) is 4.99 Å². The van der Waals surface area contributed by atoms with E-state index in [0.29, 0.717) is 30.6 Å². The lowest BCUT2D eigenvalue weighted by atomic mass is 10.4. The van der Waals surface area contributed by atoms with E-state index in [4.69, 9.17) is 14.2 Å². The first kappa shape index (κ1) is 9.70. The molecule has 2 heterocycles. The van der Waals surface area contributed by atoms with E-state index in [1.807, 2.05) is 0 Å². The van der Waals surface area contributed by atoms with Crippen LogP contribution in [-0.2, 0) is 4.74 Å². The zero-order valence-electron chi connectivity index (χ0n) is 8.56. The summed E-state index contributed by atoms with van der Waals surface area (Å²) in [6, 6.07) is 1.90. The second-order valence-electron chi connectivity index (χ2n) is 2.82. The van der Waals surface area contributed by atoms with E-state index < -0.39 is 0 Å². The highest BCUT2D eigenvalue weighted by Crippen LogP contribution is 2.15. The average molecular weight is 209 g/mol. The Morgan fingerprint density at radius 3 is 2.73 bits per heavy atom. The minimum atomic E-state index is 0.238. The Morgan fingerprint density at radius 2 is 2.13 bits per heavy atom. The second kappa shape index (κ2) is 4.12. The van der Waals surface area contributed by atoms with Crippen LogP contribution in [0.15, 0.2) is 11.1 Å². The number of methoxy groups -OCH3 is 2. The number of aromatic nitrogens is 2. The maximum absolute atomic E-state index is 5.29. The van der Waals surface area contributed by atoms with E-state index >= 15 is 0 Å². The maximum atomic E-state index is 5.29. The Labute approximate surface area is 86.9 Å². The molecule has 0 unspecified atom stereocenters. The molecule has 80 valence electrons. The summed E-state index contributed by atoms with van der Waals surface area (Å²) in [6.07, 6.45) is 0.